The number of rotatable bonds is 5. The summed E-state index contributed by atoms with van der Waals surface area (Å²) in [4.78, 5) is 13.1. The van der Waals surface area contributed by atoms with E-state index in [0.717, 1.165) is 16.9 Å². The van der Waals surface area contributed by atoms with E-state index >= 15 is 0 Å². The van der Waals surface area contributed by atoms with Gasteiger partial charge < -0.3 is 5.32 Å². The molecule has 110 valence electrons. The lowest BCUT2D eigenvalue weighted by Crippen LogP contribution is -2.29. The Morgan fingerprint density at radius 3 is 2.23 bits per heavy atom. The predicted molar refractivity (Wildman–Crippen MR) is 91.1 cm³/mol. The molecular formula is C19H17NOS. The molecule has 2 nitrogen and oxygen atoms in total. The minimum absolute atomic E-state index is 0.0141. The first-order valence-electron chi connectivity index (χ1n) is 7.26. The van der Waals surface area contributed by atoms with Crippen molar-refractivity contribution in [3.05, 3.63) is 94.2 Å². The van der Waals surface area contributed by atoms with Gasteiger partial charge in [-0.05, 0) is 29.0 Å². The Morgan fingerprint density at radius 1 is 0.909 bits per heavy atom. The fraction of sp³-hybridized carbons (Fsp3) is 0.105. The van der Waals surface area contributed by atoms with Crippen LogP contribution in [0, 0.1) is 0 Å². The number of benzene rings is 2. The summed E-state index contributed by atoms with van der Waals surface area (Å²) in [6, 6.07) is 24.1. The Hall–Kier alpha value is -2.39. The van der Waals surface area contributed by atoms with Gasteiger partial charge in [0, 0.05) is 0 Å². The van der Waals surface area contributed by atoms with Crippen LogP contribution in [0.2, 0.25) is 0 Å². The Labute approximate surface area is 134 Å². The Morgan fingerprint density at radius 2 is 1.59 bits per heavy atom. The molecule has 0 saturated heterocycles. The van der Waals surface area contributed by atoms with Crippen molar-refractivity contribution in [3.8, 4) is 0 Å². The van der Waals surface area contributed by atoms with Crippen LogP contribution in [0.4, 0.5) is 0 Å². The van der Waals surface area contributed by atoms with Crippen LogP contribution in [0.15, 0.2) is 78.2 Å². The molecule has 0 aliphatic carbocycles. The SMILES string of the molecule is O=C(NC(Cc1ccccc1)c1ccccc1)c1cccs1. The number of carbonyl (C=O) groups excluding carboxylic acids is 1. The first kappa shape index (κ1) is 14.5. The van der Waals surface area contributed by atoms with Crippen LogP contribution >= 0.6 is 11.3 Å². The highest BCUT2D eigenvalue weighted by atomic mass is 32.1. The van der Waals surface area contributed by atoms with Crippen molar-refractivity contribution in [1.82, 2.24) is 5.32 Å². The molecule has 0 bridgehead atoms. The van der Waals surface area contributed by atoms with Gasteiger partial charge in [0.1, 0.15) is 0 Å². The quantitative estimate of drug-likeness (QED) is 0.740. The van der Waals surface area contributed by atoms with Crippen LogP contribution in [0.25, 0.3) is 0 Å². The average molecular weight is 307 g/mol. The van der Waals surface area contributed by atoms with Crippen molar-refractivity contribution in [2.75, 3.05) is 0 Å². The number of amides is 1. The lowest BCUT2D eigenvalue weighted by atomic mass is 9.99. The summed E-state index contributed by atoms with van der Waals surface area (Å²) >= 11 is 1.46. The number of hydrogen-bond donors (Lipinski definition) is 1. The molecule has 3 aromatic rings. The maximum absolute atomic E-state index is 12.4. The molecule has 0 radical (unpaired) electrons. The van der Waals surface area contributed by atoms with Crippen molar-refractivity contribution in [2.45, 2.75) is 12.5 Å². The van der Waals surface area contributed by atoms with Crippen molar-refractivity contribution in [2.24, 2.45) is 0 Å². The highest BCUT2D eigenvalue weighted by Crippen LogP contribution is 2.20. The van der Waals surface area contributed by atoms with E-state index in [9.17, 15) is 4.79 Å². The van der Waals surface area contributed by atoms with Crippen molar-refractivity contribution in [1.29, 1.82) is 0 Å². The van der Waals surface area contributed by atoms with E-state index in [-0.39, 0.29) is 11.9 Å². The van der Waals surface area contributed by atoms with Gasteiger partial charge in [-0.1, -0.05) is 66.7 Å². The average Bonchev–Trinajstić information content (AvgIpc) is 3.11. The van der Waals surface area contributed by atoms with Gasteiger partial charge >= 0.3 is 0 Å². The molecule has 3 heteroatoms. The van der Waals surface area contributed by atoms with Crippen LogP contribution in [0.5, 0.6) is 0 Å². The summed E-state index contributed by atoms with van der Waals surface area (Å²) in [5.41, 5.74) is 2.33. The molecule has 0 fully saturated rings. The first-order chi connectivity index (χ1) is 10.8. The largest absolute Gasteiger partial charge is 0.344 e. The molecule has 0 spiro atoms. The summed E-state index contributed by atoms with van der Waals surface area (Å²) in [5, 5.41) is 5.08. The van der Waals surface area contributed by atoms with E-state index in [2.05, 4.69) is 29.6 Å². The van der Waals surface area contributed by atoms with Gasteiger partial charge in [-0.3, -0.25) is 4.79 Å². The molecule has 1 atom stereocenters. The smallest absolute Gasteiger partial charge is 0.261 e. The molecule has 0 saturated carbocycles. The minimum Gasteiger partial charge on any atom is -0.344 e. The third-order valence-corrected chi connectivity index (χ3v) is 4.40. The van der Waals surface area contributed by atoms with Crippen LogP contribution in [-0.4, -0.2) is 5.91 Å². The lowest BCUT2D eigenvalue weighted by molar-refractivity contribution is 0.0940. The van der Waals surface area contributed by atoms with Crippen molar-refractivity contribution >= 4 is 17.2 Å². The zero-order valence-electron chi connectivity index (χ0n) is 12.1. The number of nitrogens with one attached hydrogen (secondary N) is 1. The third-order valence-electron chi connectivity index (χ3n) is 3.53. The van der Waals surface area contributed by atoms with Crippen LogP contribution in [0.1, 0.15) is 26.8 Å². The maximum Gasteiger partial charge on any atom is 0.261 e. The molecule has 22 heavy (non-hydrogen) atoms. The number of hydrogen-bond acceptors (Lipinski definition) is 2. The monoisotopic (exact) mass is 307 g/mol. The summed E-state index contributed by atoms with van der Waals surface area (Å²) < 4.78 is 0. The minimum atomic E-state index is -0.0294. The summed E-state index contributed by atoms with van der Waals surface area (Å²) in [6.45, 7) is 0. The van der Waals surface area contributed by atoms with E-state index in [4.69, 9.17) is 0 Å². The fourth-order valence-electron chi connectivity index (χ4n) is 2.42. The van der Waals surface area contributed by atoms with E-state index in [1.807, 2.05) is 53.9 Å². The topological polar surface area (TPSA) is 29.1 Å². The first-order valence-corrected chi connectivity index (χ1v) is 8.14. The zero-order valence-corrected chi connectivity index (χ0v) is 12.9. The molecule has 0 aliphatic heterocycles. The predicted octanol–water partition coefficient (Wildman–Crippen LogP) is 4.46. The van der Waals surface area contributed by atoms with Gasteiger partial charge in [0.2, 0.25) is 0 Å². The number of thiophene rings is 1. The van der Waals surface area contributed by atoms with E-state index in [1.165, 1.54) is 16.9 Å². The van der Waals surface area contributed by atoms with Crippen LogP contribution in [0.3, 0.4) is 0 Å². The van der Waals surface area contributed by atoms with Gasteiger partial charge in [-0.15, -0.1) is 11.3 Å². The second-order valence-corrected chi connectivity index (χ2v) is 6.05. The highest BCUT2D eigenvalue weighted by molar-refractivity contribution is 7.12. The van der Waals surface area contributed by atoms with Crippen molar-refractivity contribution < 1.29 is 4.79 Å². The molecular weight excluding hydrogens is 290 g/mol. The van der Waals surface area contributed by atoms with Crippen LogP contribution < -0.4 is 5.32 Å². The molecule has 1 amide bonds. The second-order valence-electron chi connectivity index (χ2n) is 5.10. The Bertz CT molecular complexity index is 708. The van der Waals surface area contributed by atoms with Crippen molar-refractivity contribution in [3.63, 3.8) is 0 Å². The Kier molecular flexibility index (Phi) is 4.66. The summed E-state index contributed by atoms with van der Waals surface area (Å²) in [5.74, 6) is -0.0141. The Balaban J connectivity index is 1.82. The molecule has 1 heterocycles. The molecule has 2 aromatic carbocycles. The fourth-order valence-corrected chi connectivity index (χ4v) is 3.05. The molecule has 1 unspecified atom stereocenters. The molecule has 1 aromatic heterocycles. The summed E-state index contributed by atoms with van der Waals surface area (Å²) in [7, 11) is 0. The van der Waals surface area contributed by atoms with Crippen LogP contribution in [-0.2, 0) is 6.42 Å². The van der Waals surface area contributed by atoms with E-state index in [0.29, 0.717) is 0 Å². The van der Waals surface area contributed by atoms with Gasteiger partial charge in [-0.2, -0.15) is 0 Å². The van der Waals surface area contributed by atoms with Gasteiger partial charge in [0.15, 0.2) is 0 Å². The number of carbonyl (C=O) groups is 1. The zero-order chi connectivity index (χ0) is 15.2. The highest BCUT2D eigenvalue weighted by Gasteiger charge is 2.16. The van der Waals surface area contributed by atoms with E-state index < -0.39 is 0 Å². The standard InChI is InChI=1S/C19H17NOS/c21-19(18-12-7-13-22-18)20-17(16-10-5-2-6-11-16)14-15-8-3-1-4-9-15/h1-13,17H,14H2,(H,20,21). The maximum atomic E-state index is 12.4. The lowest BCUT2D eigenvalue weighted by Gasteiger charge is -2.19. The van der Waals surface area contributed by atoms with E-state index in [1.54, 1.807) is 0 Å². The van der Waals surface area contributed by atoms with Gasteiger partial charge in [0.05, 0.1) is 10.9 Å². The molecule has 0 aliphatic rings. The normalized spacial score (nSPS) is 11.8. The van der Waals surface area contributed by atoms with Gasteiger partial charge in [0.25, 0.3) is 5.91 Å². The molecule has 1 N–H and O–H groups in total. The third kappa shape index (κ3) is 3.62. The van der Waals surface area contributed by atoms with Gasteiger partial charge in [-0.25, -0.2) is 0 Å². The second kappa shape index (κ2) is 7.05. The molecule has 3 rings (SSSR count). The summed E-state index contributed by atoms with van der Waals surface area (Å²) in [6.07, 6.45) is 0.780.